The Labute approximate surface area is 192 Å². The minimum atomic E-state index is -1.01. The Morgan fingerprint density at radius 2 is 1.91 bits per heavy atom. The Kier molecular flexibility index (Phi) is 6.86. The molecule has 174 valence electrons. The van der Waals surface area contributed by atoms with Crippen molar-refractivity contribution in [3.63, 3.8) is 0 Å². The minimum absolute atomic E-state index is 0.0132. The fourth-order valence-corrected chi connectivity index (χ4v) is 3.83. The summed E-state index contributed by atoms with van der Waals surface area (Å²) in [6, 6.07) is 8.70. The summed E-state index contributed by atoms with van der Waals surface area (Å²) in [5, 5.41) is 21.6. The molecule has 1 aliphatic heterocycles. The molecule has 1 saturated heterocycles. The fraction of sp³-hybridized carbons (Fsp3) is 0.250. The molecule has 10 heteroatoms. The van der Waals surface area contributed by atoms with E-state index in [0.717, 1.165) is 30.3 Å². The molecule has 3 atom stereocenters. The second-order valence-electron chi connectivity index (χ2n) is 7.71. The van der Waals surface area contributed by atoms with E-state index >= 15 is 0 Å². The molecule has 0 unspecified atom stereocenters. The second-order valence-corrected chi connectivity index (χ2v) is 7.71. The number of aliphatic hydroxyl groups excluding tert-OH is 1. The number of aromatic nitrogens is 2. The third-order valence-corrected chi connectivity index (χ3v) is 5.51. The Hall–Kier alpha value is -3.81. The zero-order valence-electron chi connectivity index (χ0n) is 17.7. The number of hydrogen-bond donors (Lipinski definition) is 2. The molecule has 1 aliphatic rings. The summed E-state index contributed by atoms with van der Waals surface area (Å²) < 4.78 is 48.5. The summed E-state index contributed by atoms with van der Waals surface area (Å²) in [6.07, 6.45) is 1.82. The summed E-state index contributed by atoms with van der Waals surface area (Å²) in [6.45, 7) is 0. The number of rotatable bonds is 5. The van der Waals surface area contributed by atoms with Crippen molar-refractivity contribution in [3.8, 4) is 17.3 Å². The van der Waals surface area contributed by atoms with Gasteiger partial charge in [0.2, 0.25) is 0 Å². The summed E-state index contributed by atoms with van der Waals surface area (Å²) in [4.78, 5) is 20.8. The van der Waals surface area contributed by atoms with Gasteiger partial charge in [0.05, 0.1) is 48.2 Å². The van der Waals surface area contributed by atoms with Crippen molar-refractivity contribution < 1.29 is 27.8 Å². The van der Waals surface area contributed by atoms with Crippen LogP contribution in [0.25, 0.3) is 11.3 Å². The number of aliphatic hydroxyl groups is 1. The molecule has 1 fully saturated rings. The fourth-order valence-electron chi connectivity index (χ4n) is 3.83. The smallest absolute Gasteiger partial charge is 0.274 e. The molecule has 1 amide bonds. The van der Waals surface area contributed by atoms with Crippen LogP contribution in [0.5, 0.6) is 0 Å². The lowest BCUT2D eigenvalue weighted by molar-refractivity contribution is -0.116. The number of amides is 1. The highest BCUT2D eigenvalue weighted by Crippen LogP contribution is 2.36. The SMILES string of the molecule is N#CC[C@H]1O[C@@H](c2ccncc2NC(=O)c2ccc(F)c(-c3c(F)cccc3F)n2)CC[C@@H]1O. The number of nitrogens with zero attached hydrogens (tertiary/aromatic N) is 3. The van der Waals surface area contributed by atoms with Gasteiger partial charge in [-0.1, -0.05) is 6.07 Å². The summed E-state index contributed by atoms with van der Waals surface area (Å²) >= 11 is 0. The van der Waals surface area contributed by atoms with Gasteiger partial charge in [0, 0.05) is 11.8 Å². The van der Waals surface area contributed by atoms with Crippen molar-refractivity contribution in [2.45, 2.75) is 37.6 Å². The highest BCUT2D eigenvalue weighted by atomic mass is 19.1. The van der Waals surface area contributed by atoms with Gasteiger partial charge in [-0.05, 0) is 43.2 Å². The van der Waals surface area contributed by atoms with Crippen molar-refractivity contribution in [2.75, 3.05) is 5.32 Å². The number of carbonyl (C=O) groups is 1. The van der Waals surface area contributed by atoms with Crippen molar-refractivity contribution in [1.82, 2.24) is 9.97 Å². The van der Waals surface area contributed by atoms with Gasteiger partial charge in [-0.3, -0.25) is 9.78 Å². The van der Waals surface area contributed by atoms with Gasteiger partial charge in [0.15, 0.2) is 0 Å². The third-order valence-electron chi connectivity index (χ3n) is 5.51. The van der Waals surface area contributed by atoms with Crippen LogP contribution in [-0.4, -0.2) is 33.2 Å². The van der Waals surface area contributed by atoms with Crippen LogP contribution in [0, 0.1) is 28.8 Å². The van der Waals surface area contributed by atoms with Gasteiger partial charge in [-0.2, -0.15) is 5.26 Å². The monoisotopic (exact) mass is 468 g/mol. The highest BCUT2D eigenvalue weighted by molar-refractivity contribution is 6.03. The largest absolute Gasteiger partial charge is 0.390 e. The van der Waals surface area contributed by atoms with Gasteiger partial charge in [0.25, 0.3) is 5.91 Å². The molecule has 34 heavy (non-hydrogen) atoms. The first kappa shape index (κ1) is 23.4. The van der Waals surface area contributed by atoms with Crippen LogP contribution in [0.3, 0.4) is 0 Å². The number of ether oxygens (including phenoxy) is 1. The molecular weight excluding hydrogens is 449 g/mol. The lowest BCUT2D eigenvalue weighted by atomic mass is 9.95. The van der Waals surface area contributed by atoms with Crippen LogP contribution in [0.1, 0.15) is 41.4 Å². The molecule has 2 N–H and O–H groups in total. The zero-order valence-corrected chi connectivity index (χ0v) is 17.7. The lowest BCUT2D eigenvalue weighted by Crippen LogP contribution is -2.35. The Morgan fingerprint density at radius 3 is 2.65 bits per heavy atom. The topological polar surface area (TPSA) is 108 Å². The predicted molar refractivity (Wildman–Crippen MR) is 115 cm³/mol. The number of nitrogens with one attached hydrogen (secondary N) is 1. The van der Waals surface area contributed by atoms with E-state index in [-0.39, 0.29) is 17.8 Å². The van der Waals surface area contributed by atoms with E-state index in [0.29, 0.717) is 18.4 Å². The molecule has 7 nitrogen and oxygen atoms in total. The van der Waals surface area contributed by atoms with E-state index in [2.05, 4.69) is 15.3 Å². The highest BCUT2D eigenvalue weighted by Gasteiger charge is 2.32. The molecule has 2 aromatic heterocycles. The maximum Gasteiger partial charge on any atom is 0.274 e. The van der Waals surface area contributed by atoms with Crippen LogP contribution in [-0.2, 0) is 4.74 Å². The summed E-state index contributed by atoms with van der Waals surface area (Å²) in [5.74, 6) is -3.76. The molecular formula is C24H19F3N4O3. The standard InChI is InChI=1S/C24H19F3N4O3/c25-14-2-1-3-15(26)22(14)23-16(27)4-5-17(30-23)24(33)31-18-12-29-11-9-13(18)20-7-6-19(32)21(34-20)8-10-28/h1-5,9,11-12,19-21,32H,6-8H2,(H,31,33)/t19-,20+,21+/m0/s1. The van der Waals surface area contributed by atoms with Crippen molar-refractivity contribution in [3.05, 3.63) is 77.5 Å². The van der Waals surface area contributed by atoms with E-state index in [4.69, 9.17) is 10.00 Å². The van der Waals surface area contributed by atoms with E-state index in [1.165, 1.54) is 12.4 Å². The average molecular weight is 468 g/mol. The number of hydrogen-bond acceptors (Lipinski definition) is 6. The predicted octanol–water partition coefficient (Wildman–Crippen LogP) is 4.31. The number of benzene rings is 1. The van der Waals surface area contributed by atoms with Crippen molar-refractivity contribution in [2.24, 2.45) is 0 Å². The van der Waals surface area contributed by atoms with Crippen molar-refractivity contribution in [1.29, 1.82) is 5.26 Å². The van der Waals surface area contributed by atoms with E-state index < -0.39 is 52.9 Å². The third kappa shape index (κ3) is 4.76. The first-order valence-electron chi connectivity index (χ1n) is 10.5. The first-order chi connectivity index (χ1) is 16.4. The Balaban J connectivity index is 1.61. The van der Waals surface area contributed by atoms with Crippen LogP contribution < -0.4 is 5.32 Å². The van der Waals surface area contributed by atoms with Gasteiger partial charge >= 0.3 is 0 Å². The molecule has 0 saturated carbocycles. The van der Waals surface area contributed by atoms with Crippen LogP contribution in [0.15, 0.2) is 48.8 Å². The van der Waals surface area contributed by atoms with E-state index in [9.17, 15) is 23.1 Å². The van der Waals surface area contributed by atoms with Gasteiger partial charge in [-0.15, -0.1) is 0 Å². The quantitative estimate of drug-likeness (QED) is 0.578. The number of anilines is 1. The number of carbonyl (C=O) groups excluding carboxylic acids is 1. The molecule has 0 aliphatic carbocycles. The Morgan fingerprint density at radius 1 is 1.15 bits per heavy atom. The maximum atomic E-state index is 14.3. The summed E-state index contributed by atoms with van der Waals surface area (Å²) in [5.41, 5.74) is -0.709. The molecule has 1 aromatic carbocycles. The average Bonchev–Trinajstić information content (AvgIpc) is 2.82. The zero-order chi connectivity index (χ0) is 24.2. The second kappa shape index (κ2) is 9.99. The Bertz CT molecular complexity index is 1240. The van der Waals surface area contributed by atoms with Crippen LogP contribution in [0.2, 0.25) is 0 Å². The van der Waals surface area contributed by atoms with Crippen molar-refractivity contribution >= 4 is 11.6 Å². The molecule has 0 bridgehead atoms. The number of pyridine rings is 2. The van der Waals surface area contributed by atoms with Crippen LogP contribution >= 0.6 is 0 Å². The maximum absolute atomic E-state index is 14.3. The number of halogens is 3. The molecule has 0 radical (unpaired) electrons. The van der Waals surface area contributed by atoms with Gasteiger partial charge in [0.1, 0.15) is 28.8 Å². The lowest BCUT2D eigenvalue weighted by Gasteiger charge is -2.33. The van der Waals surface area contributed by atoms with Crippen LogP contribution in [0.4, 0.5) is 18.9 Å². The van der Waals surface area contributed by atoms with Gasteiger partial charge in [-0.25, -0.2) is 18.2 Å². The molecule has 3 heterocycles. The molecule has 0 spiro atoms. The molecule has 4 rings (SSSR count). The van der Waals surface area contributed by atoms with Gasteiger partial charge < -0.3 is 15.2 Å². The first-order valence-corrected chi connectivity index (χ1v) is 10.5. The normalized spacial score (nSPS) is 19.9. The number of nitriles is 1. The minimum Gasteiger partial charge on any atom is -0.390 e. The summed E-state index contributed by atoms with van der Waals surface area (Å²) in [7, 11) is 0. The van der Waals surface area contributed by atoms with E-state index in [1.807, 2.05) is 6.07 Å². The van der Waals surface area contributed by atoms with E-state index in [1.54, 1.807) is 6.07 Å². The molecule has 3 aromatic rings.